The van der Waals surface area contributed by atoms with Gasteiger partial charge in [-0.15, -0.1) is 0 Å². The molecule has 0 saturated carbocycles. The Balaban J connectivity index is 2.11. The van der Waals surface area contributed by atoms with Crippen LogP contribution in [0.3, 0.4) is 0 Å². The van der Waals surface area contributed by atoms with Crippen LogP contribution in [0.4, 0.5) is 0 Å². The first-order valence-electron chi connectivity index (χ1n) is 10.4. The molecule has 0 aromatic heterocycles. The maximum Gasteiger partial charge on any atom is 0.305 e. The number of hydrogen-bond acceptors (Lipinski definition) is 6. The number of carbonyl (C=O) groups is 4. The molecular weight excluding hydrogens is 408 g/mol. The maximum absolute atomic E-state index is 13.4. The lowest BCUT2D eigenvalue weighted by Gasteiger charge is -2.26. The first-order valence-corrected chi connectivity index (χ1v) is 10.4. The van der Waals surface area contributed by atoms with Gasteiger partial charge in [0.15, 0.2) is 11.6 Å². The molecule has 32 heavy (non-hydrogen) atoms. The van der Waals surface area contributed by atoms with E-state index >= 15 is 0 Å². The third-order valence-electron chi connectivity index (χ3n) is 5.76. The average Bonchev–Trinajstić information content (AvgIpc) is 2.79. The third-order valence-corrected chi connectivity index (χ3v) is 5.76. The van der Waals surface area contributed by atoms with E-state index in [-0.39, 0.29) is 29.7 Å². The first kappa shape index (κ1) is 23.1. The van der Waals surface area contributed by atoms with Gasteiger partial charge in [-0.2, -0.15) is 0 Å². The van der Waals surface area contributed by atoms with Gasteiger partial charge in [-0.25, -0.2) is 0 Å². The standard InChI is InChI=1S/C26H26O6/c1-15(27)19-10-11-20-14-21(16(2)28)25(30)24(22(20)13-19)26(32-4)18-8-5-17(6-9-18)7-12-23(29)31-3/h5-6,8-11,13,21H,7,12,14H2,1-4H3/b26-24-. The molecule has 2 aromatic carbocycles. The Hall–Kier alpha value is -3.54. The molecule has 2 aromatic rings. The summed E-state index contributed by atoms with van der Waals surface area (Å²) in [6.07, 6.45) is 1.10. The number of allylic oxidation sites excluding steroid dienone is 1. The van der Waals surface area contributed by atoms with Crippen molar-refractivity contribution in [2.45, 2.75) is 33.1 Å². The molecule has 6 heteroatoms. The predicted octanol–water partition coefficient (Wildman–Crippen LogP) is 3.84. The van der Waals surface area contributed by atoms with Crippen LogP contribution in [0.25, 0.3) is 11.3 Å². The lowest BCUT2D eigenvalue weighted by Crippen LogP contribution is -2.30. The van der Waals surface area contributed by atoms with E-state index in [0.29, 0.717) is 40.9 Å². The highest BCUT2D eigenvalue weighted by molar-refractivity contribution is 6.33. The van der Waals surface area contributed by atoms with Crippen molar-refractivity contribution in [1.82, 2.24) is 0 Å². The van der Waals surface area contributed by atoms with Gasteiger partial charge in [0.05, 0.1) is 25.7 Å². The maximum atomic E-state index is 13.4. The molecule has 1 unspecified atom stereocenters. The Morgan fingerprint density at radius 2 is 1.59 bits per heavy atom. The van der Waals surface area contributed by atoms with Crippen LogP contribution < -0.4 is 0 Å². The Labute approximate surface area is 187 Å². The van der Waals surface area contributed by atoms with Gasteiger partial charge in [-0.3, -0.25) is 19.2 Å². The summed E-state index contributed by atoms with van der Waals surface area (Å²) >= 11 is 0. The summed E-state index contributed by atoms with van der Waals surface area (Å²) in [5.74, 6) is -1.34. The zero-order valence-corrected chi connectivity index (χ0v) is 18.7. The number of Topliss-reactive ketones (excluding diaryl/α,β-unsaturated/α-hetero) is 3. The van der Waals surface area contributed by atoms with Crippen molar-refractivity contribution in [3.8, 4) is 0 Å². The molecular formula is C26H26O6. The quantitative estimate of drug-likeness (QED) is 0.216. The number of ether oxygens (including phenoxy) is 2. The van der Waals surface area contributed by atoms with Crippen molar-refractivity contribution < 1.29 is 28.7 Å². The number of methoxy groups -OCH3 is 2. The second-order valence-electron chi connectivity index (χ2n) is 7.84. The molecule has 1 aliphatic carbocycles. The largest absolute Gasteiger partial charge is 0.495 e. The van der Waals surface area contributed by atoms with Gasteiger partial charge in [0, 0.05) is 17.5 Å². The zero-order chi connectivity index (χ0) is 23.4. The summed E-state index contributed by atoms with van der Waals surface area (Å²) in [6, 6.07) is 12.6. The summed E-state index contributed by atoms with van der Waals surface area (Å²) in [6.45, 7) is 2.89. The van der Waals surface area contributed by atoms with Gasteiger partial charge >= 0.3 is 5.97 Å². The number of benzene rings is 2. The van der Waals surface area contributed by atoms with Crippen molar-refractivity contribution in [1.29, 1.82) is 0 Å². The molecule has 0 N–H and O–H groups in total. The molecule has 0 fully saturated rings. The van der Waals surface area contributed by atoms with E-state index in [1.165, 1.54) is 28.1 Å². The van der Waals surface area contributed by atoms with Gasteiger partial charge in [0.1, 0.15) is 11.5 Å². The van der Waals surface area contributed by atoms with Gasteiger partial charge in [0.25, 0.3) is 0 Å². The second kappa shape index (κ2) is 9.73. The fourth-order valence-electron chi connectivity index (χ4n) is 3.92. The highest BCUT2D eigenvalue weighted by atomic mass is 16.5. The van der Waals surface area contributed by atoms with Crippen molar-refractivity contribution >= 4 is 34.7 Å². The normalized spacial score (nSPS) is 16.8. The van der Waals surface area contributed by atoms with Crippen molar-refractivity contribution in [2.75, 3.05) is 14.2 Å². The van der Waals surface area contributed by atoms with Crippen molar-refractivity contribution in [3.05, 3.63) is 70.3 Å². The third kappa shape index (κ3) is 4.69. The van der Waals surface area contributed by atoms with Crippen LogP contribution in [0.2, 0.25) is 0 Å². The summed E-state index contributed by atoms with van der Waals surface area (Å²) in [4.78, 5) is 48.9. The molecule has 0 heterocycles. The Kier molecular flexibility index (Phi) is 7.03. The topological polar surface area (TPSA) is 86.7 Å². The van der Waals surface area contributed by atoms with E-state index < -0.39 is 5.92 Å². The van der Waals surface area contributed by atoms with E-state index in [0.717, 1.165) is 11.1 Å². The van der Waals surface area contributed by atoms with Gasteiger partial charge in [-0.05, 0) is 49.4 Å². The minimum absolute atomic E-state index is 0.109. The summed E-state index contributed by atoms with van der Waals surface area (Å²) in [5.41, 5.74) is 3.85. The van der Waals surface area contributed by atoms with Gasteiger partial charge < -0.3 is 9.47 Å². The van der Waals surface area contributed by atoms with E-state index in [4.69, 9.17) is 4.74 Å². The molecule has 3 rings (SSSR count). The molecule has 166 valence electrons. The fourth-order valence-corrected chi connectivity index (χ4v) is 3.92. The smallest absolute Gasteiger partial charge is 0.305 e. The van der Waals surface area contributed by atoms with Crippen molar-refractivity contribution in [2.24, 2.45) is 5.92 Å². The van der Waals surface area contributed by atoms with E-state index in [2.05, 4.69) is 4.74 Å². The Morgan fingerprint density at radius 3 is 2.16 bits per heavy atom. The van der Waals surface area contributed by atoms with Crippen LogP contribution in [0, 0.1) is 5.92 Å². The molecule has 0 bridgehead atoms. The number of hydrogen-bond donors (Lipinski definition) is 0. The molecule has 0 spiro atoms. The summed E-state index contributed by atoms with van der Waals surface area (Å²) in [5, 5.41) is 0. The summed E-state index contributed by atoms with van der Waals surface area (Å²) in [7, 11) is 2.83. The van der Waals surface area contributed by atoms with Crippen LogP contribution in [0.5, 0.6) is 0 Å². The minimum Gasteiger partial charge on any atom is -0.495 e. The monoisotopic (exact) mass is 434 g/mol. The van der Waals surface area contributed by atoms with Crippen LogP contribution >= 0.6 is 0 Å². The zero-order valence-electron chi connectivity index (χ0n) is 18.7. The Morgan fingerprint density at radius 1 is 0.938 bits per heavy atom. The van der Waals surface area contributed by atoms with Crippen molar-refractivity contribution in [3.63, 3.8) is 0 Å². The summed E-state index contributed by atoms with van der Waals surface area (Å²) < 4.78 is 10.4. The predicted molar refractivity (Wildman–Crippen MR) is 120 cm³/mol. The second-order valence-corrected chi connectivity index (χ2v) is 7.84. The lowest BCUT2D eigenvalue weighted by atomic mass is 9.76. The highest BCUT2D eigenvalue weighted by Crippen LogP contribution is 2.38. The molecule has 0 radical (unpaired) electrons. The van der Waals surface area contributed by atoms with E-state index in [1.54, 1.807) is 18.2 Å². The average molecular weight is 434 g/mol. The highest BCUT2D eigenvalue weighted by Gasteiger charge is 2.36. The van der Waals surface area contributed by atoms with Crippen LogP contribution in [-0.4, -0.2) is 37.5 Å². The van der Waals surface area contributed by atoms with E-state index in [1.807, 2.05) is 24.3 Å². The van der Waals surface area contributed by atoms with Gasteiger partial charge in [0.2, 0.25) is 0 Å². The number of ketones is 3. The van der Waals surface area contributed by atoms with Crippen LogP contribution in [0.15, 0.2) is 42.5 Å². The molecule has 0 amide bonds. The van der Waals surface area contributed by atoms with Crippen LogP contribution in [-0.2, 0) is 36.7 Å². The van der Waals surface area contributed by atoms with E-state index in [9.17, 15) is 19.2 Å². The van der Waals surface area contributed by atoms with Crippen LogP contribution in [0.1, 0.15) is 52.9 Å². The number of rotatable bonds is 7. The number of fused-ring (bicyclic) bond motifs is 1. The minimum atomic E-state index is -0.787. The molecule has 6 nitrogen and oxygen atoms in total. The molecule has 1 aliphatic rings. The fraction of sp³-hybridized carbons (Fsp3) is 0.308. The molecule has 0 saturated heterocycles. The Bertz CT molecular complexity index is 1110. The molecule has 1 atom stereocenters. The lowest BCUT2D eigenvalue weighted by molar-refractivity contribution is -0.140. The first-order chi connectivity index (χ1) is 15.3. The molecule has 0 aliphatic heterocycles. The SMILES string of the molecule is COC(=O)CCc1ccc(/C(OC)=C2/C(=O)C(C(C)=O)Cc3ccc(C(C)=O)cc32)cc1. The number of esters is 1. The number of aryl methyl sites for hydroxylation is 1. The number of carbonyl (C=O) groups excluding carboxylic acids is 4. The van der Waals surface area contributed by atoms with Gasteiger partial charge in [-0.1, -0.05) is 36.4 Å².